The van der Waals surface area contributed by atoms with Crippen LogP contribution in [0, 0.1) is 0 Å². The number of thioether (sulfide) groups is 1. The van der Waals surface area contributed by atoms with Gasteiger partial charge < -0.3 is 4.98 Å². The molecule has 4 aromatic rings. The third kappa shape index (κ3) is 3.24. The summed E-state index contributed by atoms with van der Waals surface area (Å²) in [5, 5.41) is 4.30. The Hall–Kier alpha value is -2.64. The lowest BCUT2D eigenvalue weighted by atomic mass is 10.1. The first-order valence-corrected chi connectivity index (χ1v) is 11.4. The molecular formula is C22H19N3O2S2. The number of nitrogens with zero attached hydrogens (tertiary/aromatic N) is 2. The number of Topliss-reactive ketones (excluding diaryl/α,β-unsaturated/α-hetero) is 1. The predicted octanol–water partition coefficient (Wildman–Crippen LogP) is 4.98. The first kappa shape index (κ1) is 18.4. The normalized spacial score (nSPS) is 13.9. The fraction of sp³-hybridized carbons (Fsp3) is 0.227. The van der Waals surface area contributed by atoms with Crippen molar-refractivity contribution in [1.29, 1.82) is 0 Å². The molecule has 0 saturated heterocycles. The number of ketones is 1. The Morgan fingerprint density at radius 2 is 2.21 bits per heavy atom. The van der Waals surface area contributed by atoms with E-state index in [9.17, 15) is 9.59 Å². The van der Waals surface area contributed by atoms with Gasteiger partial charge in [0.05, 0.1) is 11.1 Å². The van der Waals surface area contributed by atoms with Crippen LogP contribution in [0.15, 0.2) is 58.4 Å². The second-order valence-corrected chi connectivity index (χ2v) is 9.00. The molecule has 7 heteroatoms. The molecule has 0 spiro atoms. The topological polar surface area (TPSA) is 67.8 Å². The van der Waals surface area contributed by atoms with Crippen LogP contribution in [-0.2, 0) is 6.54 Å². The molecule has 5 nitrogen and oxygen atoms in total. The summed E-state index contributed by atoms with van der Waals surface area (Å²) in [6.07, 6.45) is 5.73. The van der Waals surface area contributed by atoms with Gasteiger partial charge in [-0.15, -0.1) is 17.9 Å². The Kier molecular flexibility index (Phi) is 4.64. The highest BCUT2D eigenvalue weighted by Gasteiger charge is 2.29. The molecule has 0 aliphatic heterocycles. The smallest absolute Gasteiger partial charge is 0.263 e. The zero-order valence-corrected chi connectivity index (χ0v) is 17.3. The van der Waals surface area contributed by atoms with E-state index in [-0.39, 0.29) is 17.1 Å². The third-order valence-corrected chi connectivity index (χ3v) is 7.10. The van der Waals surface area contributed by atoms with Gasteiger partial charge in [0.15, 0.2) is 10.9 Å². The van der Waals surface area contributed by atoms with Gasteiger partial charge >= 0.3 is 0 Å². The Morgan fingerprint density at radius 3 is 3.00 bits per heavy atom. The van der Waals surface area contributed by atoms with E-state index in [4.69, 9.17) is 4.98 Å². The number of carbonyl (C=O) groups excluding carboxylic acids is 1. The van der Waals surface area contributed by atoms with Crippen molar-refractivity contribution in [3.8, 4) is 0 Å². The number of hydrogen-bond acceptors (Lipinski definition) is 5. The molecule has 1 N–H and O–H groups in total. The Labute approximate surface area is 175 Å². The van der Waals surface area contributed by atoms with Crippen LogP contribution in [-0.4, -0.2) is 26.1 Å². The fourth-order valence-corrected chi connectivity index (χ4v) is 5.59. The van der Waals surface area contributed by atoms with Crippen molar-refractivity contribution >= 4 is 50.0 Å². The van der Waals surface area contributed by atoms with Crippen LogP contribution in [0.1, 0.15) is 34.7 Å². The van der Waals surface area contributed by atoms with E-state index in [1.807, 2.05) is 24.3 Å². The highest BCUT2D eigenvalue weighted by atomic mass is 32.2. The van der Waals surface area contributed by atoms with Gasteiger partial charge in [-0.1, -0.05) is 36.0 Å². The summed E-state index contributed by atoms with van der Waals surface area (Å²) < 4.78 is 1.64. The van der Waals surface area contributed by atoms with Crippen molar-refractivity contribution < 1.29 is 4.79 Å². The quantitative estimate of drug-likeness (QED) is 0.198. The first-order valence-electron chi connectivity index (χ1n) is 9.52. The molecule has 1 saturated carbocycles. The number of aromatic nitrogens is 3. The number of rotatable bonds is 7. The van der Waals surface area contributed by atoms with Gasteiger partial charge in [-0.2, -0.15) is 0 Å². The third-order valence-electron chi connectivity index (χ3n) is 5.24. The number of para-hydroxylation sites is 1. The summed E-state index contributed by atoms with van der Waals surface area (Å²) in [4.78, 5) is 34.7. The maximum absolute atomic E-state index is 13.2. The minimum absolute atomic E-state index is 0.0109. The van der Waals surface area contributed by atoms with Crippen LogP contribution in [0.2, 0.25) is 0 Å². The number of nitrogens with one attached hydrogen (secondary N) is 1. The van der Waals surface area contributed by atoms with E-state index in [1.165, 1.54) is 23.1 Å². The second kappa shape index (κ2) is 7.31. The van der Waals surface area contributed by atoms with Crippen LogP contribution in [0.4, 0.5) is 0 Å². The van der Waals surface area contributed by atoms with Crippen molar-refractivity contribution in [1.82, 2.24) is 14.5 Å². The standard InChI is InChI=1S/C22H19N3O2S2/c1-2-9-25-21(27)19-16(13-7-8-13)11-28-20(19)24-22(25)29-12-18(26)15-10-23-17-6-4-3-5-14(15)17/h2-6,10-11,13,23H,1,7-9,12H2. The molecule has 0 unspecified atom stereocenters. The molecule has 1 fully saturated rings. The average molecular weight is 422 g/mol. The van der Waals surface area contributed by atoms with Gasteiger partial charge in [-0.25, -0.2) is 4.98 Å². The van der Waals surface area contributed by atoms with Gasteiger partial charge in [0.2, 0.25) is 0 Å². The highest BCUT2D eigenvalue weighted by Crippen LogP contribution is 2.44. The van der Waals surface area contributed by atoms with E-state index >= 15 is 0 Å². The summed E-state index contributed by atoms with van der Waals surface area (Å²) in [6.45, 7) is 4.16. The van der Waals surface area contributed by atoms with Crippen molar-refractivity contribution in [3.63, 3.8) is 0 Å². The maximum atomic E-state index is 13.2. The Morgan fingerprint density at radius 1 is 1.38 bits per heavy atom. The molecule has 3 heterocycles. The number of H-pyrrole nitrogens is 1. The molecule has 29 heavy (non-hydrogen) atoms. The number of fused-ring (bicyclic) bond motifs is 2. The fourth-order valence-electron chi connectivity index (χ4n) is 3.63. The van der Waals surface area contributed by atoms with Crippen molar-refractivity contribution in [2.24, 2.45) is 0 Å². The van der Waals surface area contributed by atoms with Crippen LogP contribution in [0.3, 0.4) is 0 Å². The molecule has 0 atom stereocenters. The summed E-state index contributed by atoms with van der Waals surface area (Å²) in [6, 6.07) is 7.74. The molecule has 0 radical (unpaired) electrons. The summed E-state index contributed by atoms with van der Waals surface area (Å²) in [5.74, 6) is 0.729. The molecule has 0 bridgehead atoms. The molecule has 0 amide bonds. The van der Waals surface area contributed by atoms with E-state index in [0.717, 1.165) is 39.5 Å². The SMILES string of the molecule is C=CCn1c(SCC(=O)c2c[nH]c3ccccc23)nc2scc(C3CC3)c2c1=O. The molecule has 1 aromatic carbocycles. The van der Waals surface area contributed by atoms with Gasteiger partial charge in [0.25, 0.3) is 5.56 Å². The summed E-state index contributed by atoms with van der Waals surface area (Å²) in [7, 11) is 0. The Balaban J connectivity index is 1.48. The molecule has 146 valence electrons. The van der Waals surface area contributed by atoms with Crippen LogP contribution >= 0.6 is 23.1 Å². The highest BCUT2D eigenvalue weighted by molar-refractivity contribution is 7.99. The monoisotopic (exact) mass is 421 g/mol. The predicted molar refractivity (Wildman–Crippen MR) is 119 cm³/mol. The number of aromatic amines is 1. The van der Waals surface area contributed by atoms with Gasteiger partial charge in [0, 0.05) is 29.2 Å². The zero-order valence-electron chi connectivity index (χ0n) is 15.7. The van der Waals surface area contributed by atoms with Crippen LogP contribution < -0.4 is 5.56 Å². The minimum atomic E-state index is -0.0277. The summed E-state index contributed by atoms with van der Waals surface area (Å²) in [5.41, 5.74) is 2.71. The lowest BCUT2D eigenvalue weighted by Gasteiger charge is -2.10. The van der Waals surface area contributed by atoms with E-state index in [0.29, 0.717) is 23.2 Å². The van der Waals surface area contributed by atoms with E-state index in [2.05, 4.69) is 16.9 Å². The first-order chi connectivity index (χ1) is 14.2. The number of carbonyl (C=O) groups is 1. The number of benzene rings is 1. The van der Waals surface area contributed by atoms with Gasteiger partial charge in [-0.05, 0) is 35.8 Å². The molecule has 1 aliphatic carbocycles. The number of hydrogen-bond donors (Lipinski definition) is 1. The van der Waals surface area contributed by atoms with Crippen molar-refractivity contribution in [2.75, 3.05) is 5.75 Å². The lowest BCUT2D eigenvalue weighted by Crippen LogP contribution is -2.23. The second-order valence-electron chi connectivity index (χ2n) is 7.20. The van der Waals surface area contributed by atoms with E-state index < -0.39 is 0 Å². The average Bonchev–Trinajstić information content (AvgIpc) is 3.34. The zero-order chi connectivity index (χ0) is 20.0. The van der Waals surface area contributed by atoms with Crippen molar-refractivity contribution in [3.05, 3.63) is 70.0 Å². The Bertz CT molecular complexity index is 1310. The number of allylic oxidation sites excluding steroid dienone is 1. The minimum Gasteiger partial charge on any atom is -0.360 e. The van der Waals surface area contributed by atoms with Gasteiger partial charge in [0.1, 0.15) is 4.83 Å². The van der Waals surface area contributed by atoms with Crippen LogP contribution in [0.5, 0.6) is 0 Å². The maximum Gasteiger partial charge on any atom is 0.263 e. The van der Waals surface area contributed by atoms with Gasteiger partial charge in [-0.3, -0.25) is 14.2 Å². The largest absolute Gasteiger partial charge is 0.360 e. The molecule has 1 aliphatic rings. The molecular weight excluding hydrogens is 402 g/mol. The number of thiophene rings is 1. The van der Waals surface area contributed by atoms with Crippen molar-refractivity contribution in [2.45, 2.75) is 30.5 Å². The molecule has 5 rings (SSSR count). The van der Waals surface area contributed by atoms with Crippen LogP contribution in [0.25, 0.3) is 21.1 Å². The lowest BCUT2D eigenvalue weighted by molar-refractivity contribution is 0.102. The molecule has 3 aromatic heterocycles. The summed E-state index contributed by atoms with van der Waals surface area (Å²) >= 11 is 2.83. The van der Waals surface area contributed by atoms with E-state index in [1.54, 1.807) is 16.8 Å².